The van der Waals surface area contributed by atoms with Gasteiger partial charge < -0.3 is 10.2 Å². The molecule has 114 valence electrons. The van der Waals surface area contributed by atoms with Crippen LogP contribution in [0.2, 0.25) is 0 Å². The first-order valence-electron chi connectivity index (χ1n) is 7.55. The van der Waals surface area contributed by atoms with Crippen LogP contribution in [-0.2, 0) is 9.59 Å². The van der Waals surface area contributed by atoms with Crippen molar-refractivity contribution in [2.24, 2.45) is 11.3 Å². The summed E-state index contributed by atoms with van der Waals surface area (Å²) in [5.74, 6) is 2.49. The van der Waals surface area contributed by atoms with Crippen LogP contribution < -0.4 is 5.32 Å². The molecule has 0 aromatic rings. The molecule has 1 aliphatic heterocycles. The molecule has 4 nitrogen and oxygen atoms in total. The first-order valence-corrected chi connectivity index (χ1v) is 8.70. The lowest BCUT2D eigenvalue weighted by atomic mass is 9.83. The van der Waals surface area contributed by atoms with E-state index < -0.39 is 6.04 Å². The van der Waals surface area contributed by atoms with Crippen LogP contribution in [0, 0.1) is 11.3 Å². The standard InChI is InChI=1S/C15H26N2O2S/c1-5-20-9-8-17-11(10-6-7-10)13(18)16-12(14(17)19)15(2,3)4/h10-12H,5-9H2,1-4H3,(H,16,18). The quantitative estimate of drug-likeness (QED) is 0.789. The van der Waals surface area contributed by atoms with Gasteiger partial charge in [-0.25, -0.2) is 0 Å². The predicted octanol–water partition coefficient (Wildman–Crippen LogP) is 1.89. The van der Waals surface area contributed by atoms with Crippen LogP contribution in [0.3, 0.4) is 0 Å². The van der Waals surface area contributed by atoms with Gasteiger partial charge in [0.2, 0.25) is 11.8 Å². The largest absolute Gasteiger partial charge is 0.342 e. The van der Waals surface area contributed by atoms with E-state index in [9.17, 15) is 9.59 Å². The van der Waals surface area contributed by atoms with Gasteiger partial charge in [-0.15, -0.1) is 0 Å². The summed E-state index contributed by atoms with van der Waals surface area (Å²) >= 11 is 1.82. The Balaban J connectivity index is 2.15. The van der Waals surface area contributed by atoms with E-state index in [-0.39, 0.29) is 23.3 Å². The number of piperazine rings is 1. The van der Waals surface area contributed by atoms with Crippen LogP contribution >= 0.6 is 11.8 Å². The Bertz CT molecular complexity index is 388. The normalized spacial score (nSPS) is 27.7. The number of carbonyl (C=O) groups excluding carboxylic acids is 2. The van der Waals surface area contributed by atoms with Crippen molar-refractivity contribution in [3.63, 3.8) is 0 Å². The number of nitrogens with zero attached hydrogens (tertiary/aromatic N) is 1. The second-order valence-corrected chi connectivity index (χ2v) is 8.21. The lowest BCUT2D eigenvalue weighted by Gasteiger charge is -2.43. The van der Waals surface area contributed by atoms with Crippen molar-refractivity contribution in [3.05, 3.63) is 0 Å². The summed E-state index contributed by atoms with van der Waals surface area (Å²) < 4.78 is 0. The van der Waals surface area contributed by atoms with Gasteiger partial charge in [0.05, 0.1) is 0 Å². The van der Waals surface area contributed by atoms with Crippen molar-refractivity contribution in [3.8, 4) is 0 Å². The lowest BCUT2D eigenvalue weighted by Crippen LogP contribution is -2.67. The third kappa shape index (κ3) is 3.30. The van der Waals surface area contributed by atoms with Crippen LogP contribution in [0.15, 0.2) is 0 Å². The Hall–Kier alpha value is -0.710. The number of nitrogens with one attached hydrogen (secondary N) is 1. The first-order chi connectivity index (χ1) is 9.36. The molecule has 1 heterocycles. The molecule has 2 amide bonds. The van der Waals surface area contributed by atoms with E-state index in [2.05, 4.69) is 12.2 Å². The van der Waals surface area contributed by atoms with Crippen molar-refractivity contribution < 1.29 is 9.59 Å². The summed E-state index contributed by atoms with van der Waals surface area (Å²) in [6.07, 6.45) is 2.14. The van der Waals surface area contributed by atoms with Gasteiger partial charge in [0.15, 0.2) is 0 Å². The number of hydrogen-bond acceptors (Lipinski definition) is 3. The van der Waals surface area contributed by atoms with Crippen molar-refractivity contribution in [1.29, 1.82) is 0 Å². The van der Waals surface area contributed by atoms with Crippen LogP contribution in [0.25, 0.3) is 0 Å². The Morgan fingerprint density at radius 2 is 1.95 bits per heavy atom. The number of amides is 2. The van der Waals surface area contributed by atoms with E-state index in [1.54, 1.807) is 0 Å². The van der Waals surface area contributed by atoms with Crippen molar-refractivity contribution in [2.45, 2.75) is 52.6 Å². The van der Waals surface area contributed by atoms with Gasteiger partial charge in [-0.1, -0.05) is 27.7 Å². The van der Waals surface area contributed by atoms with Gasteiger partial charge in [-0.3, -0.25) is 9.59 Å². The van der Waals surface area contributed by atoms with Gasteiger partial charge in [0.1, 0.15) is 12.1 Å². The molecular weight excluding hydrogens is 272 g/mol. The van der Waals surface area contributed by atoms with Crippen molar-refractivity contribution in [2.75, 3.05) is 18.1 Å². The molecule has 2 fully saturated rings. The SMILES string of the molecule is CCSCCN1C(=O)C(C(C)(C)C)NC(=O)C1C1CC1. The minimum atomic E-state index is -0.392. The molecule has 2 rings (SSSR count). The van der Waals surface area contributed by atoms with Crippen LogP contribution in [0.5, 0.6) is 0 Å². The van der Waals surface area contributed by atoms with Crippen LogP contribution in [0.4, 0.5) is 0 Å². The van der Waals surface area contributed by atoms with E-state index in [4.69, 9.17) is 0 Å². The monoisotopic (exact) mass is 298 g/mol. The van der Waals surface area contributed by atoms with E-state index >= 15 is 0 Å². The molecule has 0 bridgehead atoms. The van der Waals surface area contributed by atoms with Crippen molar-refractivity contribution >= 4 is 23.6 Å². The average Bonchev–Trinajstić information content (AvgIpc) is 3.16. The highest BCUT2D eigenvalue weighted by molar-refractivity contribution is 7.99. The van der Waals surface area contributed by atoms with E-state index in [0.29, 0.717) is 12.5 Å². The predicted molar refractivity (Wildman–Crippen MR) is 82.6 cm³/mol. The Morgan fingerprint density at radius 1 is 1.30 bits per heavy atom. The molecule has 0 aromatic carbocycles. The molecule has 2 aliphatic rings. The molecule has 0 aromatic heterocycles. The minimum absolute atomic E-state index is 0.0496. The fourth-order valence-corrected chi connectivity index (χ4v) is 3.37. The highest BCUT2D eigenvalue weighted by Gasteiger charge is 2.50. The molecule has 2 unspecified atom stereocenters. The fourth-order valence-electron chi connectivity index (χ4n) is 2.76. The topological polar surface area (TPSA) is 49.4 Å². The fraction of sp³-hybridized carbons (Fsp3) is 0.867. The van der Waals surface area contributed by atoms with Gasteiger partial charge in [-0.05, 0) is 29.9 Å². The Morgan fingerprint density at radius 3 is 2.45 bits per heavy atom. The second-order valence-electron chi connectivity index (χ2n) is 6.82. The highest BCUT2D eigenvalue weighted by atomic mass is 32.2. The van der Waals surface area contributed by atoms with Gasteiger partial charge >= 0.3 is 0 Å². The maximum absolute atomic E-state index is 12.8. The number of carbonyl (C=O) groups is 2. The zero-order valence-corrected chi connectivity index (χ0v) is 13.8. The van der Waals surface area contributed by atoms with Gasteiger partial charge in [0, 0.05) is 12.3 Å². The summed E-state index contributed by atoms with van der Waals surface area (Å²) in [6, 6.07) is -0.616. The van der Waals surface area contributed by atoms with E-state index in [1.165, 1.54) is 0 Å². The smallest absolute Gasteiger partial charge is 0.246 e. The maximum Gasteiger partial charge on any atom is 0.246 e. The van der Waals surface area contributed by atoms with E-state index in [0.717, 1.165) is 24.3 Å². The number of hydrogen-bond donors (Lipinski definition) is 1. The molecule has 1 saturated carbocycles. The summed E-state index contributed by atoms with van der Waals surface area (Å²) in [5.41, 5.74) is -0.239. The zero-order chi connectivity index (χ0) is 14.9. The maximum atomic E-state index is 12.8. The molecule has 1 saturated heterocycles. The van der Waals surface area contributed by atoms with Crippen LogP contribution in [0.1, 0.15) is 40.5 Å². The number of thioether (sulfide) groups is 1. The molecule has 1 aliphatic carbocycles. The molecule has 0 radical (unpaired) electrons. The first kappa shape index (κ1) is 15.7. The van der Waals surface area contributed by atoms with Gasteiger partial charge in [-0.2, -0.15) is 11.8 Å². The summed E-state index contributed by atoms with van der Waals surface area (Å²) in [7, 11) is 0. The number of rotatable bonds is 5. The average molecular weight is 298 g/mol. The third-order valence-corrected chi connectivity index (χ3v) is 4.92. The molecule has 1 N–H and O–H groups in total. The Labute approximate surface area is 126 Å². The summed E-state index contributed by atoms with van der Waals surface area (Å²) in [5, 5.41) is 2.96. The molecular formula is C15H26N2O2S. The lowest BCUT2D eigenvalue weighted by molar-refractivity contribution is -0.153. The highest BCUT2D eigenvalue weighted by Crippen LogP contribution is 2.38. The molecule has 0 spiro atoms. The van der Waals surface area contributed by atoms with Crippen molar-refractivity contribution in [1.82, 2.24) is 10.2 Å². The zero-order valence-electron chi connectivity index (χ0n) is 12.9. The minimum Gasteiger partial charge on any atom is -0.342 e. The van der Waals surface area contributed by atoms with E-state index in [1.807, 2.05) is 37.4 Å². The molecule has 5 heteroatoms. The molecule has 2 atom stereocenters. The van der Waals surface area contributed by atoms with Gasteiger partial charge in [0.25, 0.3) is 0 Å². The second kappa shape index (κ2) is 5.96. The summed E-state index contributed by atoms with van der Waals surface area (Å²) in [6.45, 7) is 8.83. The third-order valence-electron chi connectivity index (χ3n) is 4.04. The Kier molecular flexibility index (Phi) is 4.67. The molecule has 20 heavy (non-hydrogen) atoms. The van der Waals surface area contributed by atoms with Crippen LogP contribution in [-0.4, -0.2) is 46.8 Å². The summed E-state index contributed by atoms with van der Waals surface area (Å²) in [4.78, 5) is 27.0.